The van der Waals surface area contributed by atoms with Crippen molar-refractivity contribution in [2.75, 3.05) is 0 Å². The summed E-state index contributed by atoms with van der Waals surface area (Å²) in [6.45, 7) is 8.30. The van der Waals surface area contributed by atoms with E-state index in [-0.39, 0.29) is 10.3 Å². The van der Waals surface area contributed by atoms with E-state index in [9.17, 15) is 9.90 Å². The second-order valence-corrected chi connectivity index (χ2v) is 8.12. The minimum atomic E-state index is -0.948. The third-order valence-corrected chi connectivity index (χ3v) is 5.28. The minimum Gasteiger partial charge on any atom is -0.477 e. The van der Waals surface area contributed by atoms with Crippen molar-refractivity contribution in [1.29, 1.82) is 0 Å². The smallest absolute Gasteiger partial charge is 0.347 e. The Bertz CT molecular complexity index is 902. The molecule has 0 saturated carbocycles. The van der Waals surface area contributed by atoms with Gasteiger partial charge in [0.25, 0.3) is 0 Å². The molecule has 0 unspecified atom stereocenters. The van der Waals surface area contributed by atoms with E-state index in [1.165, 1.54) is 11.1 Å². The van der Waals surface area contributed by atoms with Crippen LogP contribution in [0.1, 0.15) is 52.8 Å². The van der Waals surface area contributed by atoms with Gasteiger partial charge < -0.3 is 5.11 Å². The first-order chi connectivity index (χ1) is 11.8. The van der Waals surface area contributed by atoms with Crippen molar-refractivity contribution in [3.8, 4) is 10.7 Å². The van der Waals surface area contributed by atoms with Crippen LogP contribution in [-0.4, -0.2) is 26.3 Å². The lowest BCUT2D eigenvalue weighted by molar-refractivity contribution is 0.0701. The number of thiazole rings is 1. The average molecular weight is 355 g/mol. The monoisotopic (exact) mass is 355 g/mol. The molecule has 0 fully saturated rings. The van der Waals surface area contributed by atoms with Crippen LogP contribution in [0.15, 0.2) is 30.5 Å². The molecule has 0 aliphatic rings. The molecule has 2 N–H and O–H groups in total. The third-order valence-electron chi connectivity index (χ3n) is 4.13. The fourth-order valence-corrected chi connectivity index (χ4v) is 3.60. The van der Waals surface area contributed by atoms with Crippen molar-refractivity contribution in [3.05, 3.63) is 57.7 Å². The number of aromatic amines is 1. The molecule has 1 aromatic carbocycles. The molecule has 3 aromatic rings. The van der Waals surface area contributed by atoms with Gasteiger partial charge in [-0.2, -0.15) is 5.10 Å². The maximum atomic E-state index is 11.2. The number of H-pyrrole nitrogens is 1. The van der Waals surface area contributed by atoms with E-state index in [1.807, 2.05) is 6.20 Å². The maximum Gasteiger partial charge on any atom is 0.347 e. The first-order valence-electron chi connectivity index (χ1n) is 8.09. The van der Waals surface area contributed by atoms with Crippen LogP contribution >= 0.6 is 11.3 Å². The molecular formula is C19H21N3O2S. The van der Waals surface area contributed by atoms with Gasteiger partial charge in [0.1, 0.15) is 15.6 Å². The fourth-order valence-electron chi connectivity index (χ4n) is 2.67. The van der Waals surface area contributed by atoms with Crippen molar-refractivity contribution in [2.45, 2.75) is 39.5 Å². The molecule has 0 saturated heterocycles. The van der Waals surface area contributed by atoms with Crippen molar-refractivity contribution in [3.63, 3.8) is 0 Å². The molecule has 0 atom stereocenters. The summed E-state index contributed by atoms with van der Waals surface area (Å²) in [5.74, 6) is -0.948. The van der Waals surface area contributed by atoms with Gasteiger partial charge in [-0.15, -0.1) is 11.3 Å². The standard InChI is InChI=1S/C19H21N3O2S/c1-11-16(18(23)24)25-17(21-11)15-13(10-20-22-15)9-12-5-7-14(8-6-12)19(2,3)4/h5-8,10H,9H2,1-4H3,(H,20,22)(H,23,24). The Morgan fingerprint density at radius 1 is 1.24 bits per heavy atom. The Balaban J connectivity index is 1.87. The SMILES string of the molecule is Cc1nc(-c2n[nH]cc2Cc2ccc(C(C)(C)C)cc2)sc1C(=O)O. The van der Waals surface area contributed by atoms with Crippen molar-refractivity contribution >= 4 is 17.3 Å². The molecule has 6 heteroatoms. The number of hydrogen-bond acceptors (Lipinski definition) is 4. The number of carboxylic acid groups (broad SMARTS) is 1. The summed E-state index contributed by atoms with van der Waals surface area (Å²) in [7, 11) is 0. The number of aromatic carboxylic acids is 1. The number of aromatic nitrogens is 3. The van der Waals surface area contributed by atoms with E-state index >= 15 is 0 Å². The lowest BCUT2D eigenvalue weighted by atomic mass is 9.86. The maximum absolute atomic E-state index is 11.2. The van der Waals surface area contributed by atoms with Crippen LogP contribution in [-0.2, 0) is 11.8 Å². The van der Waals surface area contributed by atoms with E-state index in [0.717, 1.165) is 29.0 Å². The second kappa shape index (κ2) is 6.44. The Kier molecular flexibility index (Phi) is 4.47. The number of nitrogens with zero attached hydrogens (tertiary/aromatic N) is 2. The summed E-state index contributed by atoms with van der Waals surface area (Å²) in [6, 6.07) is 8.58. The van der Waals surface area contributed by atoms with Gasteiger partial charge in [0, 0.05) is 18.2 Å². The minimum absolute atomic E-state index is 0.130. The average Bonchev–Trinajstić information content (AvgIpc) is 3.13. The zero-order valence-electron chi connectivity index (χ0n) is 14.8. The van der Waals surface area contributed by atoms with Gasteiger partial charge in [-0.1, -0.05) is 45.0 Å². The highest BCUT2D eigenvalue weighted by atomic mass is 32.1. The van der Waals surface area contributed by atoms with Crippen molar-refractivity contribution < 1.29 is 9.90 Å². The molecule has 130 valence electrons. The van der Waals surface area contributed by atoms with Gasteiger partial charge in [0.05, 0.1) is 5.69 Å². The summed E-state index contributed by atoms with van der Waals surface area (Å²) in [5, 5.41) is 17.0. The van der Waals surface area contributed by atoms with Crippen LogP contribution in [0.2, 0.25) is 0 Å². The van der Waals surface area contributed by atoms with E-state index in [0.29, 0.717) is 10.7 Å². The van der Waals surface area contributed by atoms with Crippen molar-refractivity contribution in [1.82, 2.24) is 15.2 Å². The Morgan fingerprint density at radius 3 is 2.48 bits per heavy atom. The predicted octanol–water partition coefficient (Wildman–Crippen LogP) is 4.43. The first kappa shape index (κ1) is 17.4. The molecule has 5 nitrogen and oxygen atoms in total. The molecule has 2 aromatic heterocycles. The molecule has 2 heterocycles. The quantitative estimate of drug-likeness (QED) is 0.726. The molecule has 0 radical (unpaired) electrons. The van der Waals surface area contributed by atoms with Crippen LogP contribution in [0.4, 0.5) is 0 Å². The Labute approximate surface area is 150 Å². The second-order valence-electron chi connectivity index (χ2n) is 7.12. The number of benzene rings is 1. The molecule has 0 spiro atoms. The number of nitrogens with one attached hydrogen (secondary N) is 1. The molecule has 3 rings (SSSR count). The lowest BCUT2D eigenvalue weighted by Crippen LogP contribution is -2.10. The third kappa shape index (κ3) is 3.64. The Morgan fingerprint density at radius 2 is 1.92 bits per heavy atom. The van der Waals surface area contributed by atoms with E-state index < -0.39 is 5.97 Å². The summed E-state index contributed by atoms with van der Waals surface area (Å²) in [5.41, 5.74) is 4.86. The molecule has 0 aliphatic heterocycles. The van der Waals surface area contributed by atoms with Gasteiger partial charge in [-0.25, -0.2) is 9.78 Å². The number of aryl methyl sites for hydroxylation is 1. The van der Waals surface area contributed by atoms with E-state index in [1.54, 1.807) is 6.92 Å². The van der Waals surface area contributed by atoms with Crippen LogP contribution in [0.3, 0.4) is 0 Å². The fraction of sp³-hybridized carbons (Fsp3) is 0.316. The number of carboxylic acids is 1. The Hall–Kier alpha value is -2.47. The van der Waals surface area contributed by atoms with Gasteiger partial charge >= 0.3 is 5.97 Å². The van der Waals surface area contributed by atoms with E-state index in [2.05, 4.69) is 60.2 Å². The number of carbonyl (C=O) groups is 1. The molecule has 25 heavy (non-hydrogen) atoms. The highest BCUT2D eigenvalue weighted by Gasteiger charge is 2.19. The van der Waals surface area contributed by atoms with Crippen molar-refractivity contribution in [2.24, 2.45) is 0 Å². The van der Waals surface area contributed by atoms with Crippen LogP contribution in [0.25, 0.3) is 10.7 Å². The highest BCUT2D eigenvalue weighted by molar-refractivity contribution is 7.17. The number of hydrogen-bond donors (Lipinski definition) is 2. The first-order valence-corrected chi connectivity index (χ1v) is 8.90. The summed E-state index contributed by atoms with van der Waals surface area (Å²) >= 11 is 1.16. The number of rotatable bonds is 4. The predicted molar refractivity (Wildman–Crippen MR) is 99.3 cm³/mol. The van der Waals surface area contributed by atoms with Crippen LogP contribution in [0, 0.1) is 6.92 Å². The van der Waals surface area contributed by atoms with Crippen LogP contribution < -0.4 is 0 Å². The van der Waals surface area contributed by atoms with Crippen LogP contribution in [0.5, 0.6) is 0 Å². The van der Waals surface area contributed by atoms with Gasteiger partial charge in [-0.3, -0.25) is 5.10 Å². The summed E-state index contributed by atoms with van der Waals surface area (Å²) < 4.78 is 0. The highest BCUT2D eigenvalue weighted by Crippen LogP contribution is 2.30. The molecule has 0 bridgehead atoms. The topological polar surface area (TPSA) is 78.9 Å². The largest absolute Gasteiger partial charge is 0.477 e. The zero-order chi connectivity index (χ0) is 18.2. The van der Waals surface area contributed by atoms with Gasteiger partial charge in [0.15, 0.2) is 0 Å². The van der Waals surface area contributed by atoms with E-state index in [4.69, 9.17) is 0 Å². The summed E-state index contributed by atoms with van der Waals surface area (Å²) in [4.78, 5) is 15.9. The molecular weight excluding hydrogens is 334 g/mol. The molecule has 0 amide bonds. The zero-order valence-corrected chi connectivity index (χ0v) is 15.6. The van der Waals surface area contributed by atoms with Gasteiger partial charge in [-0.05, 0) is 23.5 Å². The normalized spacial score (nSPS) is 11.7. The van der Waals surface area contributed by atoms with Gasteiger partial charge in [0.2, 0.25) is 0 Å². The lowest BCUT2D eigenvalue weighted by Gasteiger charge is -2.19. The summed E-state index contributed by atoms with van der Waals surface area (Å²) in [6.07, 6.45) is 2.57. The molecule has 0 aliphatic carbocycles.